The second kappa shape index (κ2) is 5.28. The van der Waals surface area contributed by atoms with E-state index in [2.05, 4.69) is 37.8 Å². The molecule has 20 heavy (non-hydrogen) atoms. The van der Waals surface area contributed by atoms with E-state index in [9.17, 15) is 4.79 Å². The summed E-state index contributed by atoms with van der Waals surface area (Å²) in [6.45, 7) is 1.73. The highest BCUT2D eigenvalue weighted by Crippen LogP contribution is 2.22. The fourth-order valence-electron chi connectivity index (χ4n) is 2.39. The first kappa shape index (κ1) is 12.6. The maximum absolute atomic E-state index is 11.3. The molecular weight excluding hydrogens is 254 g/mol. The van der Waals surface area contributed by atoms with Crippen LogP contribution in [0, 0.1) is 0 Å². The molecule has 0 amide bonds. The summed E-state index contributed by atoms with van der Waals surface area (Å²) >= 11 is 0. The van der Waals surface area contributed by atoms with Crippen molar-refractivity contribution in [2.45, 2.75) is 13.0 Å². The quantitative estimate of drug-likeness (QED) is 0.778. The Bertz CT molecular complexity index is 625. The summed E-state index contributed by atoms with van der Waals surface area (Å²) in [6, 6.07) is 8.42. The number of benzene rings is 1. The fraction of sp³-hybridized carbons (Fsp3) is 0.267. The molecule has 0 saturated heterocycles. The summed E-state index contributed by atoms with van der Waals surface area (Å²) in [5.74, 6) is 0.320. The smallest absolute Gasteiger partial charge is 0.358 e. The van der Waals surface area contributed by atoms with Crippen LogP contribution in [-0.4, -0.2) is 29.6 Å². The second-order valence-electron chi connectivity index (χ2n) is 4.69. The molecule has 1 aliphatic heterocycles. The standard InChI is InChI=1S/C15H15N3O2/c1-20-15(19)13-8-17-14(9-16-13)18-7-6-11-4-2-3-5-12(11)10-18/h2-5,8-9H,6-7,10H2,1H3. The normalized spacial score (nSPS) is 13.8. The van der Waals surface area contributed by atoms with Gasteiger partial charge in [-0.15, -0.1) is 0 Å². The summed E-state index contributed by atoms with van der Waals surface area (Å²) in [5, 5.41) is 0. The minimum atomic E-state index is -0.465. The minimum Gasteiger partial charge on any atom is -0.464 e. The van der Waals surface area contributed by atoms with Crippen molar-refractivity contribution in [2.24, 2.45) is 0 Å². The largest absolute Gasteiger partial charge is 0.464 e. The Balaban J connectivity index is 1.79. The maximum atomic E-state index is 11.3. The van der Waals surface area contributed by atoms with Crippen molar-refractivity contribution < 1.29 is 9.53 Å². The first-order valence-electron chi connectivity index (χ1n) is 6.50. The van der Waals surface area contributed by atoms with Gasteiger partial charge in [-0.1, -0.05) is 24.3 Å². The third kappa shape index (κ3) is 2.34. The number of aromatic nitrogens is 2. The number of carbonyl (C=O) groups excluding carboxylic acids is 1. The number of nitrogens with zero attached hydrogens (tertiary/aromatic N) is 3. The highest BCUT2D eigenvalue weighted by atomic mass is 16.5. The number of hydrogen-bond acceptors (Lipinski definition) is 5. The van der Waals surface area contributed by atoms with Crippen LogP contribution in [0.25, 0.3) is 0 Å². The number of rotatable bonds is 2. The van der Waals surface area contributed by atoms with Gasteiger partial charge in [0.05, 0.1) is 19.5 Å². The lowest BCUT2D eigenvalue weighted by atomic mass is 10.0. The third-order valence-electron chi connectivity index (χ3n) is 3.49. The SMILES string of the molecule is COC(=O)c1cnc(N2CCc3ccccc3C2)cn1. The molecule has 0 fully saturated rings. The Labute approximate surface area is 117 Å². The van der Waals surface area contributed by atoms with Crippen molar-refractivity contribution in [3.05, 3.63) is 53.5 Å². The molecule has 0 atom stereocenters. The van der Waals surface area contributed by atoms with Crippen LogP contribution in [0.3, 0.4) is 0 Å². The lowest BCUT2D eigenvalue weighted by Gasteiger charge is -2.29. The molecule has 1 aromatic heterocycles. The van der Waals surface area contributed by atoms with Crippen LogP contribution in [0.5, 0.6) is 0 Å². The first-order valence-corrected chi connectivity index (χ1v) is 6.50. The number of hydrogen-bond donors (Lipinski definition) is 0. The molecule has 0 unspecified atom stereocenters. The highest BCUT2D eigenvalue weighted by molar-refractivity contribution is 5.86. The Morgan fingerprint density at radius 2 is 2.00 bits per heavy atom. The number of ether oxygens (including phenoxy) is 1. The summed E-state index contributed by atoms with van der Waals surface area (Å²) in [4.78, 5) is 21.9. The predicted octanol–water partition coefficient (Wildman–Crippen LogP) is 1.83. The third-order valence-corrected chi connectivity index (χ3v) is 3.49. The van der Waals surface area contributed by atoms with E-state index in [0.717, 1.165) is 25.3 Å². The lowest BCUT2D eigenvalue weighted by molar-refractivity contribution is 0.0593. The van der Waals surface area contributed by atoms with Crippen molar-refractivity contribution in [3.63, 3.8) is 0 Å². The van der Waals surface area contributed by atoms with Crippen LogP contribution in [0.2, 0.25) is 0 Å². The molecule has 5 nitrogen and oxygen atoms in total. The van der Waals surface area contributed by atoms with E-state index in [0.29, 0.717) is 0 Å². The van der Waals surface area contributed by atoms with Crippen LogP contribution in [0.4, 0.5) is 5.82 Å². The van der Waals surface area contributed by atoms with Crippen molar-refractivity contribution in [1.82, 2.24) is 9.97 Å². The van der Waals surface area contributed by atoms with Gasteiger partial charge >= 0.3 is 5.97 Å². The Hall–Kier alpha value is -2.43. The first-order chi connectivity index (χ1) is 9.78. The minimum absolute atomic E-state index is 0.230. The summed E-state index contributed by atoms with van der Waals surface area (Å²) in [7, 11) is 1.33. The lowest BCUT2D eigenvalue weighted by Crippen LogP contribution is -2.31. The average molecular weight is 269 g/mol. The topological polar surface area (TPSA) is 55.3 Å². The van der Waals surface area contributed by atoms with Crippen LogP contribution >= 0.6 is 0 Å². The van der Waals surface area contributed by atoms with E-state index in [1.807, 2.05) is 6.07 Å². The Morgan fingerprint density at radius 3 is 2.70 bits per heavy atom. The monoisotopic (exact) mass is 269 g/mol. The van der Waals surface area contributed by atoms with Gasteiger partial charge in [-0.2, -0.15) is 0 Å². The van der Waals surface area contributed by atoms with E-state index in [1.165, 1.54) is 24.4 Å². The molecule has 0 spiro atoms. The van der Waals surface area contributed by atoms with Gasteiger partial charge in [0.25, 0.3) is 0 Å². The summed E-state index contributed by atoms with van der Waals surface area (Å²) in [5.41, 5.74) is 2.94. The molecule has 0 radical (unpaired) electrons. The van der Waals surface area contributed by atoms with Crippen molar-refractivity contribution in [3.8, 4) is 0 Å². The molecule has 3 rings (SSSR count). The van der Waals surface area contributed by atoms with Gasteiger partial charge in [-0.25, -0.2) is 14.8 Å². The van der Waals surface area contributed by atoms with Gasteiger partial charge in [0.2, 0.25) is 0 Å². The summed E-state index contributed by atoms with van der Waals surface area (Å²) < 4.78 is 4.61. The predicted molar refractivity (Wildman–Crippen MR) is 74.6 cm³/mol. The van der Waals surface area contributed by atoms with Crippen LogP contribution in [0.1, 0.15) is 21.6 Å². The second-order valence-corrected chi connectivity index (χ2v) is 4.69. The molecular formula is C15H15N3O2. The van der Waals surface area contributed by atoms with E-state index in [-0.39, 0.29) is 5.69 Å². The van der Waals surface area contributed by atoms with Gasteiger partial charge in [0, 0.05) is 13.1 Å². The number of methoxy groups -OCH3 is 1. The average Bonchev–Trinajstić information content (AvgIpc) is 2.54. The molecule has 2 aromatic rings. The molecule has 5 heteroatoms. The summed E-state index contributed by atoms with van der Waals surface area (Å²) in [6.07, 6.45) is 4.08. The van der Waals surface area contributed by atoms with Gasteiger partial charge in [-0.05, 0) is 17.5 Å². The maximum Gasteiger partial charge on any atom is 0.358 e. The van der Waals surface area contributed by atoms with E-state index < -0.39 is 5.97 Å². The van der Waals surface area contributed by atoms with Crippen molar-refractivity contribution in [2.75, 3.05) is 18.6 Å². The Morgan fingerprint density at radius 1 is 1.20 bits per heavy atom. The molecule has 0 aliphatic carbocycles. The van der Waals surface area contributed by atoms with Crippen LogP contribution in [0.15, 0.2) is 36.7 Å². The fourth-order valence-corrected chi connectivity index (χ4v) is 2.39. The molecule has 0 bridgehead atoms. The molecule has 1 aliphatic rings. The molecule has 0 saturated carbocycles. The zero-order chi connectivity index (χ0) is 13.9. The van der Waals surface area contributed by atoms with Gasteiger partial charge in [0.1, 0.15) is 5.82 Å². The van der Waals surface area contributed by atoms with Gasteiger partial charge in [0.15, 0.2) is 5.69 Å². The number of carbonyl (C=O) groups is 1. The number of fused-ring (bicyclic) bond motifs is 1. The van der Waals surface area contributed by atoms with Crippen LogP contribution < -0.4 is 4.90 Å². The zero-order valence-electron chi connectivity index (χ0n) is 11.2. The zero-order valence-corrected chi connectivity index (χ0v) is 11.2. The molecule has 0 N–H and O–H groups in total. The highest BCUT2D eigenvalue weighted by Gasteiger charge is 2.17. The van der Waals surface area contributed by atoms with E-state index >= 15 is 0 Å². The van der Waals surface area contributed by atoms with Gasteiger partial charge in [-0.3, -0.25) is 0 Å². The molecule has 102 valence electrons. The number of anilines is 1. The Kier molecular flexibility index (Phi) is 3.33. The molecule has 2 heterocycles. The molecule has 1 aromatic carbocycles. The van der Waals surface area contributed by atoms with Crippen molar-refractivity contribution in [1.29, 1.82) is 0 Å². The van der Waals surface area contributed by atoms with Gasteiger partial charge < -0.3 is 9.64 Å². The number of esters is 1. The van der Waals surface area contributed by atoms with Crippen molar-refractivity contribution >= 4 is 11.8 Å². The van der Waals surface area contributed by atoms with Crippen LogP contribution in [-0.2, 0) is 17.7 Å². The van der Waals surface area contributed by atoms with E-state index in [1.54, 1.807) is 6.20 Å². The van der Waals surface area contributed by atoms with E-state index in [4.69, 9.17) is 0 Å².